The molecule has 1 saturated heterocycles. The van der Waals surface area contributed by atoms with E-state index < -0.39 is 0 Å². The summed E-state index contributed by atoms with van der Waals surface area (Å²) in [6, 6.07) is 0.316. The molecule has 0 aliphatic carbocycles. The van der Waals surface area contributed by atoms with Gasteiger partial charge < -0.3 is 10.6 Å². The number of aryl methyl sites for hydroxylation is 1. The van der Waals surface area contributed by atoms with Crippen molar-refractivity contribution in [2.75, 3.05) is 39.3 Å². The predicted octanol–water partition coefficient (Wildman–Crippen LogP) is 1.57. The zero-order valence-corrected chi connectivity index (χ0v) is 13.8. The molecule has 0 bridgehead atoms. The van der Waals surface area contributed by atoms with Gasteiger partial charge in [0.25, 0.3) is 0 Å². The van der Waals surface area contributed by atoms with E-state index in [0.29, 0.717) is 12.6 Å². The van der Waals surface area contributed by atoms with E-state index in [1.165, 1.54) is 12.1 Å². The standard InChI is InChI=1S/C16H31N5/c1-4-5-21-13-15(11-18-21)16(10-17)20-8-6-19(7-9-20)12-14(2)3/h11,13-14,16H,4-10,12,17H2,1-3H3. The third-order valence-electron chi connectivity index (χ3n) is 4.18. The van der Waals surface area contributed by atoms with Gasteiger partial charge in [0, 0.05) is 57.6 Å². The Morgan fingerprint density at radius 2 is 1.95 bits per heavy atom. The largest absolute Gasteiger partial charge is 0.329 e. The third kappa shape index (κ3) is 4.53. The summed E-state index contributed by atoms with van der Waals surface area (Å²) >= 11 is 0. The summed E-state index contributed by atoms with van der Waals surface area (Å²) in [4.78, 5) is 5.08. The van der Waals surface area contributed by atoms with Gasteiger partial charge in [-0.05, 0) is 12.3 Å². The van der Waals surface area contributed by atoms with Gasteiger partial charge in [-0.15, -0.1) is 0 Å². The van der Waals surface area contributed by atoms with E-state index in [1.807, 2.05) is 10.9 Å². The minimum atomic E-state index is 0.316. The van der Waals surface area contributed by atoms with Crippen LogP contribution in [0.1, 0.15) is 38.8 Å². The first-order valence-electron chi connectivity index (χ1n) is 8.32. The summed E-state index contributed by atoms with van der Waals surface area (Å²) in [5, 5.41) is 4.45. The molecule has 1 unspecified atom stereocenters. The molecule has 0 aromatic carbocycles. The van der Waals surface area contributed by atoms with Gasteiger partial charge in [0.15, 0.2) is 0 Å². The average Bonchev–Trinajstić information content (AvgIpc) is 2.90. The molecule has 1 fully saturated rings. The summed E-state index contributed by atoms with van der Waals surface area (Å²) in [6.07, 6.45) is 5.28. The van der Waals surface area contributed by atoms with Crippen LogP contribution in [-0.2, 0) is 6.54 Å². The fourth-order valence-corrected chi connectivity index (χ4v) is 3.17. The molecular weight excluding hydrogens is 262 g/mol. The molecular formula is C16H31N5. The number of nitrogens with zero attached hydrogens (tertiary/aromatic N) is 4. The molecule has 2 N–H and O–H groups in total. The van der Waals surface area contributed by atoms with Crippen molar-refractivity contribution in [3.05, 3.63) is 18.0 Å². The second-order valence-corrected chi connectivity index (χ2v) is 6.52. The van der Waals surface area contributed by atoms with Crippen LogP contribution >= 0.6 is 0 Å². The van der Waals surface area contributed by atoms with Crippen LogP contribution in [0.2, 0.25) is 0 Å². The van der Waals surface area contributed by atoms with Gasteiger partial charge in [0.2, 0.25) is 0 Å². The van der Waals surface area contributed by atoms with Crippen LogP contribution in [0.5, 0.6) is 0 Å². The monoisotopic (exact) mass is 293 g/mol. The lowest BCUT2D eigenvalue weighted by Gasteiger charge is -2.39. The molecule has 1 aliphatic heterocycles. The van der Waals surface area contributed by atoms with Crippen LogP contribution in [0.15, 0.2) is 12.4 Å². The number of aromatic nitrogens is 2. The van der Waals surface area contributed by atoms with Gasteiger partial charge in [-0.3, -0.25) is 9.58 Å². The molecule has 1 aromatic rings. The molecule has 21 heavy (non-hydrogen) atoms. The Morgan fingerprint density at radius 1 is 1.24 bits per heavy atom. The topological polar surface area (TPSA) is 50.3 Å². The second kappa shape index (κ2) is 7.92. The van der Waals surface area contributed by atoms with Gasteiger partial charge >= 0.3 is 0 Å². The number of nitrogens with two attached hydrogens (primary N) is 1. The Bertz CT molecular complexity index is 407. The molecule has 2 rings (SSSR count). The van der Waals surface area contributed by atoms with Gasteiger partial charge in [0.1, 0.15) is 0 Å². The quantitative estimate of drug-likeness (QED) is 0.829. The number of hydrogen-bond acceptors (Lipinski definition) is 4. The van der Waals surface area contributed by atoms with Crippen LogP contribution in [0.25, 0.3) is 0 Å². The van der Waals surface area contributed by atoms with Crippen LogP contribution in [-0.4, -0.2) is 58.8 Å². The fraction of sp³-hybridized carbons (Fsp3) is 0.812. The van der Waals surface area contributed by atoms with Crippen molar-refractivity contribution in [3.63, 3.8) is 0 Å². The van der Waals surface area contributed by atoms with Crippen LogP contribution < -0.4 is 5.73 Å². The second-order valence-electron chi connectivity index (χ2n) is 6.52. The van der Waals surface area contributed by atoms with Crippen molar-refractivity contribution >= 4 is 0 Å². The maximum atomic E-state index is 6.04. The molecule has 5 nitrogen and oxygen atoms in total. The average molecular weight is 293 g/mol. The molecule has 1 aromatic heterocycles. The van der Waals surface area contributed by atoms with E-state index in [4.69, 9.17) is 5.73 Å². The molecule has 0 amide bonds. The van der Waals surface area contributed by atoms with E-state index in [-0.39, 0.29) is 0 Å². The highest BCUT2D eigenvalue weighted by molar-refractivity contribution is 5.11. The smallest absolute Gasteiger partial charge is 0.0538 e. The first-order valence-corrected chi connectivity index (χ1v) is 8.32. The minimum Gasteiger partial charge on any atom is -0.329 e. The lowest BCUT2D eigenvalue weighted by atomic mass is 10.1. The van der Waals surface area contributed by atoms with Crippen molar-refractivity contribution in [1.29, 1.82) is 0 Å². The van der Waals surface area contributed by atoms with E-state index in [2.05, 4.69) is 41.9 Å². The van der Waals surface area contributed by atoms with Crippen LogP contribution in [0, 0.1) is 5.92 Å². The van der Waals surface area contributed by atoms with Gasteiger partial charge in [-0.2, -0.15) is 5.10 Å². The van der Waals surface area contributed by atoms with E-state index in [9.17, 15) is 0 Å². The van der Waals surface area contributed by atoms with E-state index in [1.54, 1.807) is 0 Å². The molecule has 120 valence electrons. The molecule has 5 heteroatoms. The summed E-state index contributed by atoms with van der Waals surface area (Å²) < 4.78 is 2.03. The number of rotatable bonds is 7. The first-order chi connectivity index (χ1) is 10.1. The first kappa shape index (κ1) is 16.5. The summed E-state index contributed by atoms with van der Waals surface area (Å²) in [7, 11) is 0. The Kier molecular flexibility index (Phi) is 6.21. The zero-order valence-electron chi connectivity index (χ0n) is 13.8. The van der Waals surface area contributed by atoms with Crippen LogP contribution in [0.4, 0.5) is 0 Å². The molecule has 0 spiro atoms. The molecule has 2 heterocycles. The molecule has 0 saturated carbocycles. The normalized spacial score (nSPS) is 19.3. The van der Waals surface area contributed by atoms with Crippen molar-refractivity contribution in [2.24, 2.45) is 11.7 Å². The van der Waals surface area contributed by atoms with E-state index >= 15 is 0 Å². The lowest BCUT2D eigenvalue weighted by molar-refractivity contribution is 0.0912. The fourth-order valence-electron chi connectivity index (χ4n) is 3.17. The van der Waals surface area contributed by atoms with Crippen molar-refractivity contribution in [3.8, 4) is 0 Å². The third-order valence-corrected chi connectivity index (χ3v) is 4.18. The SMILES string of the molecule is CCCn1cc(C(CN)N2CCN(CC(C)C)CC2)cn1. The minimum absolute atomic E-state index is 0.316. The van der Waals surface area contributed by atoms with Gasteiger partial charge in [0.05, 0.1) is 12.2 Å². The van der Waals surface area contributed by atoms with Crippen LogP contribution in [0.3, 0.4) is 0 Å². The van der Waals surface area contributed by atoms with Crippen molar-refractivity contribution in [2.45, 2.75) is 39.8 Å². The molecule has 0 radical (unpaired) electrons. The zero-order chi connectivity index (χ0) is 15.2. The van der Waals surface area contributed by atoms with E-state index in [0.717, 1.165) is 45.1 Å². The number of hydrogen-bond donors (Lipinski definition) is 1. The highest BCUT2D eigenvalue weighted by atomic mass is 15.3. The number of piperazine rings is 1. The highest BCUT2D eigenvalue weighted by Crippen LogP contribution is 2.21. The molecule has 1 aliphatic rings. The molecule has 1 atom stereocenters. The summed E-state index contributed by atoms with van der Waals surface area (Å²) in [5.74, 6) is 0.745. The Balaban J connectivity index is 1.92. The summed E-state index contributed by atoms with van der Waals surface area (Å²) in [6.45, 7) is 14.1. The van der Waals surface area contributed by atoms with Gasteiger partial charge in [-0.25, -0.2) is 0 Å². The predicted molar refractivity (Wildman–Crippen MR) is 87.2 cm³/mol. The van der Waals surface area contributed by atoms with Crippen molar-refractivity contribution < 1.29 is 0 Å². The Morgan fingerprint density at radius 3 is 2.52 bits per heavy atom. The van der Waals surface area contributed by atoms with Crippen molar-refractivity contribution in [1.82, 2.24) is 19.6 Å². The Labute approximate surface area is 129 Å². The highest BCUT2D eigenvalue weighted by Gasteiger charge is 2.25. The summed E-state index contributed by atoms with van der Waals surface area (Å²) in [5.41, 5.74) is 7.31. The maximum absolute atomic E-state index is 6.04. The maximum Gasteiger partial charge on any atom is 0.0538 e. The Hall–Kier alpha value is -0.910. The lowest BCUT2D eigenvalue weighted by Crippen LogP contribution is -2.49. The van der Waals surface area contributed by atoms with Gasteiger partial charge in [-0.1, -0.05) is 20.8 Å².